The first-order valence-electron chi connectivity index (χ1n) is 10.1. The summed E-state index contributed by atoms with van der Waals surface area (Å²) < 4.78 is 5.44. The van der Waals surface area contributed by atoms with Crippen LogP contribution in [0.5, 0.6) is 0 Å². The zero-order valence-corrected chi connectivity index (χ0v) is 17.7. The number of benzene rings is 1. The lowest BCUT2D eigenvalue weighted by Crippen LogP contribution is -2.31. The maximum absolute atomic E-state index is 13.0. The van der Waals surface area contributed by atoms with Crippen molar-refractivity contribution < 1.29 is 14.3 Å². The van der Waals surface area contributed by atoms with Crippen molar-refractivity contribution in [1.82, 2.24) is 9.97 Å². The highest BCUT2D eigenvalue weighted by molar-refractivity contribution is 6.32. The zero-order valence-electron chi connectivity index (χ0n) is 17.0. The third kappa shape index (κ3) is 4.48. The van der Waals surface area contributed by atoms with Gasteiger partial charge in [-0.15, -0.1) is 0 Å². The van der Waals surface area contributed by atoms with Crippen molar-refractivity contribution in [3.05, 3.63) is 35.5 Å². The van der Waals surface area contributed by atoms with Crippen molar-refractivity contribution in [1.29, 1.82) is 0 Å². The van der Waals surface area contributed by atoms with Gasteiger partial charge in [-0.25, -0.2) is 14.7 Å². The fraction of sp³-hybridized carbons (Fsp3) is 0.429. The number of anilines is 4. The highest BCUT2D eigenvalue weighted by Gasteiger charge is 2.28. The third-order valence-electron chi connectivity index (χ3n) is 4.84. The second-order valence-corrected chi connectivity index (χ2v) is 8.13. The van der Waals surface area contributed by atoms with E-state index in [2.05, 4.69) is 15.3 Å². The Balaban J connectivity index is 1.72. The van der Waals surface area contributed by atoms with Gasteiger partial charge < -0.3 is 15.0 Å². The first-order chi connectivity index (χ1) is 14.4. The first kappa shape index (κ1) is 20.4. The number of aromatic nitrogens is 2. The molecule has 30 heavy (non-hydrogen) atoms. The van der Waals surface area contributed by atoms with E-state index in [-0.39, 0.29) is 18.0 Å². The molecule has 1 aliphatic carbocycles. The molecule has 2 amide bonds. The van der Waals surface area contributed by atoms with Crippen molar-refractivity contribution in [2.45, 2.75) is 51.7 Å². The Kier molecular flexibility index (Phi) is 5.76. The minimum Gasteiger partial charge on any atom is -0.446 e. The molecule has 2 heterocycles. The maximum Gasteiger partial charge on any atom is 0.421 e. The average Bonchev–Trinajstić information content (AvgIpc) is 3.41. The fourth-order valence-electron chi connectivity index (χ4n) is 3.27. The SMILES string of the molecule is CC(C)OC(=O)N(c1cccc(N2CCCC2=O)c1)c1ncc(Cl)c(NC2CC2)n1. The minimum absolute atomic E-state index is 0.0714. The molecule has 0 radical (unpaired) electrons. The summed E-state index contributed by atoms with van der Waals surface area (Å²) in [6.45, 7) is 4.21. The summed E-state index contributed by atoms with van der Waals surface area (Å²) in [4.78, 5) is 36.9. The Morgan fingerprint density at radius 1 is 1.37 bits per heavy atom. The van der Waals surface area contributed by atoms with E-state index in [1.165, 1.54) is 11.1 Å². The Morgan fingerprint density at radius 2 is 2.17 bits per heavy atom. The lowest BCUT2D eigenvalue weighted by molar-refractivity contribution is -0.117. The summed E-state index contributed by atoms with van der Waals surface area (Å²) in [5.41, 5.74) is 1.24. The Bertz CT molecular complexity index is 963. The molecule has 8 nitrogen and oxygen atoms in total. The predicted octanol–water partition coefficient (Wildman–Crippen LogP) is 4.51. The molecule has 0 atom stereocenters. The lowest BCUT2D eigenvalue weighted by atomic mass is 10.2. The molecule has 2 aliphatic rings. The summed E-state index contributed by atoms with van der Waals surface area (Å²) in [7, 11) is 0. The second kappa shape index (κ2) is 8.47. The van der Waals surface area contributed by atoms with E-state index < -0.39 is 6.09 Å². The van der Waals surface area contributed by atoms with Gasteiger partial charge in [0, 0.05) is 24.7 Å². The normalized spacial score (nSPS) is 16.1. The van der Waals surface area contributed by atoms with Crippen LogP contribution in [-0.4, -0.2) is 40.7 Å². The molecule has 0 spiro atoms. The van der Waals surface area contributed by atoms with Gasteiger partial charge in [0.15, 0.2) is 5.82 Å². The Hall–Kier alpha value is -2.87. The number of nitrogens with zero attached hydrogens (tertiary/aromatic N) is 4. The molecule has 1 aromatic carbocycles. The van der Waals surface area contributed by atoms with E-state index in [1.54, 1.807) is 36.9 Å². The monoisotopic (exact) mass is 429 g/mol. The van der Waals surface area contributed by atoms with Gasteiger partial charge in [0.1, 0.15) is 5.02 Å². The van der Waals surface area contributed by atoms with Crippen molar-refractivity contribution in [3.63, 3.8) is 0 Å². The van der Waals surface area contributed by atoms with Gasteiger partial charge in [0.2, 0.25) is 11.9 Å². The number of nitrogens with one attached hydrogen (secondary N) is 1. The van der Waals surface area contributed by atoms with Gasteiger partial charge in [-0.3, -0.25) is 4.79 Å². The van der Waals surface area contributed by atoms with Gasteiger partial charge >= 0.3 is 6.09 Å². The van der Waals surface area contributed by atoms with Crippen LogP contribution in [0.2, 0.25) is 5.02 Å². The molecule has 1 aliphatic heterocycles. The molecular formula is C21H24ClN5O3. The van der Waals surface area contributed by atoms with Crippen LogP contribution >= 0.6 is 11.6 Å². The number of rotatable bonds is 6. The van der Waals surface area contributed by atoms with Crippen LogP contribution in [0.1, 0.15) is 39.5 Å². The zero-order chi connectivity index (χ0) is 21.3. The molecule has 0 unspecified atom stereocenters. The third-order valence-corrected chi connectivity index (χ3v) is 5.12. The molecule has 2 aromatic rings. The number of halogens is 1. The maximum atomic E-state index is 13.0. The molecule has 0 bridgehead atoms. The van der Waals surface area contributed by atoms with Crippen LogP contribution in [-0.2, 0) is 9.53 Å². The number of carbonyl (C=O) groups excluding carboxylic acids is 2. The molecule has 158 valence electrons. The van der Waals surface area contributed by atoms with E-state index in [9.17, 15) is 9.59 Å². The molecule has 1 N–H and O–H groups in total. The van der Waals surface area contributed by atoms with Crippen molar-refractivity contribution in [2.75, 3.05) is 21.7 Å². The Morgan fingerprint density at radius 3 is 2.83 bits per heavy atom. The number of ether oxygens (including phenoxy) is 1. The van der Waals surface area contributed by atoms with Crippen molar-refractivity contribution in [3.8, 4) is 0 Å². The second-order valence-electron chi connectivity index (χ2n) is 7.72. The molecule has 2 fully saturated rings. The molecule has 9 heteroatoms. The van der Waals surface area contributed by atoms with Gasteiger partial charge in [0.25, 0.3) is 0 Å². The number of hydrogen-bond donors (Lipinski definition) is 1. The van der Waals surface area contributed by atoms with Crippen molar-refractivity contribution >= 4 is 46.7 Å². The number of amides is 2. The predicted molar refractivity (Wildman–Crippen MR) is 115 cm³/mol. The van der Waals surface area contributed by atoms with Crippen molar-refractivity contribution in [2.24, 2.45) is 0 Å². The topological polar surface area (TPSA) is 87.7 Å². The first-order valence-corrected chi connectivity index (χ1v) is 10.5. The standard InChI is InChI=1S/C21H24ClN5O3/c1-13(2)30-21(29)27(20-23-12-17(22)19(25-20)24-14-8-9-14)16-6-3-5-15(11-16)26-10-4-7-18(26)28/h3,5-6,11-14H,4,7-10H2,1-2H3,(H,23,24,25). The minimum atomic E-state index is -0.602. The highest BCUT2D eigenvalue weighted by atomic mass is 35.5. The summed E-state index contributed by atoms with van der Waals surface area (Å²) >= 11 is 6.24. The molecule has 1 aromatic heterocycles. The molecular weight excluding hydrogens is 406 g/mol. The van der Waals surface area contributed by atoms with Crippen LogP contribution < -0.4 is 15.1 Å². The van der Waals surface area contributed by atoms with Crippen LogP contribution in [0.3, 0.4) is 0 Å². The highest BCUT2D eigenvalue weighted by Crippen LogP contribution is 2.33. The smallest absolute Gasteiger partial charge is 0.421 e. The summed E-state index contributed by atoms with van der Waals surface area (Å²) in [6, 6.07) is 7.52. The summed E-state index contributed by atoms with van der Waals surface area (Å²) in [5, 5.41) is 3.65. The molecule has 1 saturated carbocycles. The summed E-state index contributed by atoms with van der Waals surface area (Å²) in [5.74, 6) is 0.706. The van der Waals surface area contributed by atoms with E-state index in [0.29, 0.717) is 35.5 Å². The van der Waals surface area contributed by atoms with Gasteiger partial charge in [-0.1, -0.05) is 17.7 Å². The van der Waals surface area contributed by atoms with Gasteiger partial charge in [-0.2, -0.15) is 4.98 Å². The van der Waals surface area contributed by atoms with Crippen LogP contribution in [0.4, 0.5) is 27.9 Å². The van der Waals surface area contributed by atoms with Gasteiger partial charge in [0.05, 0.1) is 18.0 Å². The number of carbonyl (C=O) groups is 2. The Labute approximate surface area is 180 Å². The van der Waals surface area contributed by atoms with Gasteiger partial charge in [-0.05, 0) is 51.3 Å². The lowest BCUT2D eigenvalue weighted by Gasteiger charge is -2.24. The molecule has 4 rings (SSSR count). The average molecular weight is 430 g/mol. The largest absolute Gasteiger partial charge is 0.446 e. The van der Waals surface area contributed by atoms with E-state index in [0.717, 1.165) is 24.9 Å². The van der Waals surface area contributed by atoms with Crippen LogP contribution in [0.25, 0.3) is 0 Å². The quantitative estimate of drug-likeness (QED) is 0.726. The van der Waals surface area contributed by atoms with Crippen LogP contribution in [0.15, 0.2) is 30.5 Å². The van der Waals surface area contributed by atoms with E-state index in [1.807, 2.05) is 6.07 Å². The summed E-state index contributed by atoms with van der Waals surface area (Å²) in [6.07, 6.45) is 4.01. The molecule has 1 saturated heterocycles. The number of hydrogen-bond acceptors (Lipinski definition) is 6. The van der Waals surface area contributed by atoms with Crippen LogP contribution in [0, 0.1) is 0 Å². The van der Waals surface area contributed by atoms with E-state index >= 15 is 0 Å². The van der Waals surface area contributed by atoms with E-state index in [4.69, 9.17) is 16.3 Å². The fourth-order valence-corrected chi connectivity index (χ4v) is 3.41.